The molecule has 0 amide bonds. The maximum absolute atomic E-state index is 13.1. The second kappa shape index (κ2) is 6.48. The van der Waals surface area contributed by atoms with E-state index in [1.54, 1.807) is 12.1 Å². The van der Waals surface area contributed by atoms with Gasteiger partial charge in [0.1, 0.15) is 0 Å². The number of benzene rings is 1. The second-order valence-electron chi connectivity index (χ2n) is 5.25. The first-order valence-electron chi connectivity index (χ1n) is 7.14. The number of anilines is 1. The number of hydrogen-bond acceptors (Lipinski definition) is 2. The number of piperidine rings is 1. The average molecular weight is 286 g/mol. The largest absolute Gasteiger partial charge is 0.418 e. The molecule has 1 N–H and O–H groups in total. The molecule has 5 heteroatoms. The molecule has 0 aliphatic carbocycles. The van der Waals surface area contributed by atoms with E-state index in [0.29, 0.717) is 24.7 Å². The van der Waals surface area contributed by atoms with E-state index in [0.717, 1.165) is 25.9 Å². The SMILES string of the molecule is CCN(CC1CCNCC1)c1ccccc1C(F)(F)F. The fourth-order valence-corrected chi connectivity index (χ4v) is 2.76. The third kappa shape index (κ3) is 3.66. The summed E-state index contributed by atoms with van der Waals surface area (Å²) in [7, 11) is 0. The van der Waals surface area contributed by atoms with Gasteiger partial charge in [0.05, 0.1) is 5.56 Å². The van der Waals surface area contributed by atoms with Crippen LogP contribution in [0.15, 0.2) is 24.3 Å². The molecule has 0 bridgehead atoms. The molecule has 0 radical (unpaired) electrons. The normalized spacial score (nSPS) is 17.2. The minimum absolute atomic E-state index is 0.307. The van der Waals surface area contributed by atoms with Gasteiger partial charge in [-0.15, -0.1) is 0 Å². The first-order valence-corrected chi connectivity index (χ1v) is 7.14. The molecule has 0 atom stereocenters. The highest BCUT2D eigenvalue weighted by Crippen LogP contribution is 2.36. The Hall–Kier alpha value is -1.23. The van der Waals surface area contributed by atoms with Gasteiger partial charge in [-0.2, -0.15) is 13.2 Å². The quantitative estimate of drug-likeness (QED) is 0.911. The molecule has 0 aromatic heterocycles. The van der Waals surface area contributed by atoms with Crippen molar-refractivity contribution in [3.63, 3.8) is 0 Å². The minimum atomic E-state index is -4.29. The van der Waals surface area contributed by atoms with Crippen molar-refractivity contribution in [3.05, 3.63) is 29.8 Å². The Bertz CT molecular complexity index is 425. The summed E-state index contributed by atoms with van der Waals surface area (Å²) in [5, 5.41) is 3.28. The van der Waals surface area contributed by atoms with Gasteiger partial charge in [0, 0.05) is 18.8 Å². The number of rotatable bonds is 4. The van der Waals surface area contributed by atoms with E-state index in [1.165, 1.54) is 12.1 Å². The third-order valence-electron chi connectivity index (χ3n) is 3.87. The molecule has 1 aliphatic heterocycles. The zero-order valence-electron chi connectivity index (χ0n) is 11.7. The fraction of sp³-hybridized carbons (Fsp3) is 0.600. The van der Waals surface area contributed by atoms with Crippen LogP contribution in [0.5, 0.6) is 0 Å². The first-order chi connectivity index (χ1) is 9.52. The van der Waals surface area contributed by atoms with Crippen LogP contribution in [0.1, 0.15) is 25.3 Å². The molecule has 20 heavy (non-hydrogen) atoms. The summed E-state index contributed by atoms with van der Waals surface area (Å²) in [5.74, 6) is 0.470. The van der Waals surface area contributed by atoms with Gasteiger partial charge >= 0.3 is 6.18 Å². The van der Waals surface area contributed by atoms with E-state index in [1.807, 2.05) is 11.8 Å². The lowest BCUT2D eigenvalue weighted by Gasteiger charge is -2.32. The van der Waals surface area contributed by atoms with Crippen LogP contribution in [0.3, 0.4) is 0 Å². The number of para-hydroxylation sites is 1. The van der Waals surface area contributed by atoms with Crippen LogP contribution in [0.2, 0.25) is 0 Å². The summed E-state index contributed by atoms with van der Waals surface area (Å²) in [6, 6.07) is 5.87. The van der Waals surface area contributed by atoms with Crippen molar-refractivity contribution in [1.29, 1.82) is 0 Å². The molecule has 1 aliphatic rings. The van der Waals surface area contributed by atoms with Crippen LogP contribution in [-0.2, 0) is 6.18 Å². The fourth-order valence-electron chi connectivity index (χ4n) is 2.76. The van der Waals surface area contributed by atoms with Crippen LogP contribution in [0.25, 0.3) is 0 Å². The summed E-state index contributed by atoms with van der Waals surface area (Å²) in [6.45, 7) is 5.13. The van der Waals surface area contributed by atoms with E-state index in [4.69, 9.17) is 0 Å². The molecule has 2 nitrogen and oxygen atoms in total. The van der Waals surface area contributed by atoms with E-state index < -0.39 is 11.7 Å². The van der Waals surface area contributed by atoms with Crippen LogP contribution in [0, 0.1) is 5.92 Å². The van der Waals surface area contributed by atoms with Crippen molar-refractivity contribution in [2.24, 2.45) is 5.92 Å². The van der Waals surface area contributed by atoms with Crippen molar-refractivity contribution in [3.8, 4) is 0 Å². The van der Waals surface area contributed by atoms with Crippen molar-refractivity contribution < 1.29 is 13.2 Å². The number of hydrogen-bond donors (Lipinski definition) is 1. The molecule has 112 valence electrons. The van der Waals surface area contributed by atoms with Crippen molar-refractivity contribution in [2.75, 3.05) is 31.1 Å². The Morgan fingerprint density at radius 2 is 1.85 bits per heavy atom. The van der Waals surface area contributed by atoms with E-state index in [2.05, 4.69) is 5.32 Å². The molecular weight excluding hydrogens is 265 g/mol. The average Bonchev–Trinajstić information content (AvgIpc) is 2.45. The van der Waals surface area contributed by atoms with Crippen LogP contribution >= 0.6 is 0 Å². The molecule has 2 rings (SSSR count). The van der Waals surface area contributed by atoms with E-state index in [9.17, 15) is 13.2 Å². The number of nitrogens with zero attached hydrogens (tertiary/aromatic N) is 1. The van der Waals surface area contributed by atoms with Crippen molar-refractivity contribution in [2.45, 2.75) is 25.9 Å². The Morgan fingerprint density at radius 3 is 2.45 bits per heavy atom. The third-order valence-corrected chi connectivity index (χ3v) is 3.87. The van der Waals surface area contributed by atoms with Gasteiger partial charge in [-0.1, -0.05) is 12.1 Å². The topological polar surface area (TPSA) is 15.3 Å². The van der Waals surface area contributed by atoms with Crippen molar-refractivity contribution in [1.82, 2.24) is 5.32 Å². The standard InChI is InChI=1S/C15H21F3N2/c1-2-20(11-12-7-9-19-10-8-12)14-6-4-3-5-13(14)15(16,17)18/h3-6,12,19H,2,7-11H2,1H3. The Labute approximate surface area is 118 Å². The maximum Gasteiger partial charge on any atom is 0.418 e. The highest BCUT2D eigenvalue weighted by atomic mass is 19.4. The van der Waals surface area contributed by atoms with Gasteiger partial charge in [0.2, 0.25) is 0 Å². The zero-order valence-corrected chi connectivity index (χ0v) is 11.7. The van der Waals surface area contributed by atoms with Gasteiger partial charge in [-0.3, -0.25) is 0 Å². The maximum atomic E-state index is 13.1. The Balaban J connectivity index is 2.18. The van der Waals surface area contributed by atoms with Crippen LogP contribution < -0.4 is 10.2 Å². The van der Waals surface area contributed by atoms with E-state index in [-0.39, 0.29) is 0 Å². The number of nitrogens with one attached hydrogen (secondary N) is 1. The molecule has 1 saturated heterocycles. The zero-order chi connectivity index (χ0) is 14.6. The van der Waals surface area contributed by atoms with E-state index >= 15 is 0 Å². The predicted molar refractivity (Wildman–Crippen MR) is 74.9 cm³/mol. The highest BCUT2D eigenvalue weighted by Gasteiger charge is 2.34. The van der Waals surface area contributed by atoms with Gasteiger partial charge in [0.25, 0.3) is 0 Å². The smallest absolute Gasteiger partial charge is 0.371 e. The summed E-state index contributed by atoms with van der Waals surface area (Å²) < 4.78 is 39.3. The van der Waals surface area contributed by atoms with Gasteiger partial charge < -0.3 is 10.2 Å². The molecule has 0 saturated carbocycles. The lowest BCUT2D eigenvalue weighted by atomic mass is 9.97. The summed E-state index contributed by atoms with van der Waals surface area (Å²) in [4.78, 5) is 1.86. The molecule has 1 aromatic carbocycles. The van der Waals surface area contributed by atoms with Gasteiger partial charge in [0.15, 0.2) is 0 Å². The molecule has 1 aromatic rings. The Kier molecular flexibility index (Phi) is 4.91. The molecule has 0 spiro atoms. The molecular formula is C15H21F3N2. The monoisotopic (exact) mass is 286 g/mol. The van der Waals surface area contributed by atoms with Crippen molar-refractivity contribution >= 4 is 5.69 Å². The lowest BCUT2D eigenvalue weighted by Crippen LogP contribution is -2.37. The number of halogens is 3. The predicted octanol–water partition coefficient (Wildman–Crippen LogP) is 3.53. The van der Waals surface area contributed by atoms with Gasteiger partial charge in [-0.05, 0) is 50.9 Å². The van der Waals surface area contributed by atoms with Crippen LogP contribution in [0.4, 0.5) is 18.9 Å². The number of alkyl halides is 3. The molecule has 0 unspecified atom stereocenters. The highest BCUT2D eigenvalue weighted by molar-refractivity contribution is 5.55. The molecule has 1 fully saturated rings. The summed E-state index contributed by atoms with van der Waals surface area (Å²) >= 11 is 0. The lowest BCUT2D eigenvalue weighted by molar-refractivity contribution is -0.137. The van der Waals surface area contributed by atoms with Crippen LogP contribution in [-0.4, -0.2) is 26.2 Å². The first kappa shape index (κ1) is 15.2. The minimum Gasteiger partial charge on any atom is -0.371 e. The summed E-state index contributed by atoms with van der Waals surface area (Å²) in [5.41, 5.74) is -0.225. The molecule has 1 heterocycles. The second-order valence-corrected chi connectivity index (χ2v) is 5.25. The van der Waals surface area contributed by atoms with Gasteiger partial charge in [-0.25, -0.2) is 0 Å². The summed E-state index contributed by atoms with van der Waals surface area (Å²) in [6.07, 6.45) is -2.23. The Morgan fingerprint density at radius 1 is 1.20 bits per heavy atom.